The van der Waals surface area contributed by atoms with Crippen molar-refractivity contribution in [2.45, 2.75) is 71.6 Å². The fourth-order valence-corrected chi connectivity index (χ4v) is 6.18. The van der Waals surface area contributed by atoms with Crippen LogP contribution in [0.5, 0.6) is 5.75 Å². The van der Waals surface area contributed by atoms with Crippen molar-refractivity contribution in [2.24, 2.45) is 0 Å². The van der Waals surface area contributed by atoms with Crippen LogP contribution in [0.3, 0.4) is 0 Å². The second-order valence-electron chi connectivity index (χ2n) is 12.2. The van der Waals surface area contributed by atoms with Gasteiger partial charge in [0.15, 0.2) is 0 Å². The molecule has 5 rings (SSSR count). The minimum Gasteiger partial charge on any atom is -0.488 e. The van der Waals surface area contributed by atoms with Gasteiger partial charge >= 0.3 is 12.1 Å². The van der Waals surface area contributed by atoms with Gasteiger partial charge in [0.2, 0.25) is 0 Å². The number of nitrogens with zero attached hydrogens (tertiary/aromatic N) is 1. The highest BCUT2D eigenvalue weighted by Crippen LogP contribution is 2.43. The topological polar surface area (TPSA) is 76.1 Å². The molecule has 6 heteroatoms. The van der Waals surface area contributed by atoms with Gasteiger partial charge in [0.1, 0.15) is 17.5 Å². The molecule has 1 N–H and O–H groups in total. The number of carboxylic acid groups (broad SMARTS) is 1. The third-order valence-corrected chi connectivity index (χ3v) is 8.16. The van der Waals surface area contributed by atoms with Crippen LogP contribution in [-0.2, 0) is 4.74 Å². The lowest BCUT2D eigenvalue weighted by Gasteiger charge is -2.38. The molecule has 1 heterocycles. The van der Waals surface area contributed by atoms with E-state index in [1.54, 1.807) is 4.90 Å². The molecule has 0 aliphatic carbocycles. The first kappa shape index (κ1) is 29.2. The van der Waals surface area contributed by atoms with Crippen LogP contribution in [0.2, 0.25) is 0 Å². The Labute approximate surface area is 247 Å². The lowest BCUT2D eigenvalue weighted by molar-refractivity contribution is 0.00568. The maximum Gasteiger partial charge on any atom is 0.410 e. The fourth-order valence-electron chi connectivity index (χ4n) is 6.18. The molecule has 0 fully saturated rings. The monoisotopic (exact) mass is 565 g/mol. The summed E-state index contributed by atoms with van der Waals surface area (Å²) in [6.45, 7) is 11.7. The molecule has 4 aromatic carbocycles. The summed E-state index contributed by atoms with van der Waals surface area (Å²) >= 11 is 0. The van der Waals surface area contributed by atoms with E-state index in [1.165, 1.54) is 0 Å². The van der Waals surface area contributed by atoms with Gasteiger partial charge in [0.25, 0.3) is 0 Å². The Morgan fingerprint density at radius 3 is 2.38 bits per heavy atom. The van der Waals surface area contributed by atoms with Crippen LogP contribution in [0, 0.1) is 13.8 Å². The molecule has 218 valence electrons. The number of aryl methyl sites for hydroxylation is 1. The number of rotatable bonds is 6. The lowest BCUT2D eigenvalue weighted by atomic mass is 9.80. The number of amides is 1. The Kier molecular flexibility index (Phi) is 8.00. The number of carboxylic acids is 1. The molecule has 4 aromatic rings. The second-order valence-corrected chi connectivity index (χ2v) is 12.2. The van der Waals surface area contributed by atoms with Crippen molar-refractivity contribution in [3.63, 3.8) is 0 Å². The first-order valence-electron chi connectivity index (χ1n) is 14.5. The number of fused-ring (bicyclic) bond motifs is 2. The van der Waals surface area contributed by atoms with Crippen LogP contribution in [0.4, 0.5) is 4.79 Å². The maximum absolute atomic E-state index is 13.8. The molecule has 3 atom stereocenters. The predicted octanol–water partition coefficient (Wildman–Crippen LogP) is 8.44. The van der Waals surface area contributed by atoms with Gasteiger partial charge in [-0.2, -0.15) is 0 Å². The number of carbonyl (C=O) groups is 2. The first-order chi connectivity index (χ1) is 19.9. The Morgan fingerprint density at radius 2 is 1.64 bits per heavy atom. The normalized spacial score (nSPS) is 17.2. The average molecular weight is 566 g/mol. The zero-order valence-electron chi connectivity index (χ0n) is 25.2. The van der Waals surface area contributed by atoms with Crippen molar-refractivity contribution in [2.75, 3.05) is 6.54 Å². The maximum atomic E-state index is 13.8. The van der Waals surface area contributed by atoms with Crippen molar-refractivity contribution >= 4 is 22.8 Å². The van der Waals surface area contributed by atoms with Gasteiger partial charge in [-0.3, -0.25) is 4.90 Å². The third kappa shape index (κ3) is 5.85. The van der Waals surface area contributed by atoms with Crippen molar-refractivity contribution in [3.8, 4) is 5.75 Å². The number of benzene rings is 4. The number of hydrogen-bond donors (Lipinski definition) is 1. The van der Waals surface area contributed by atoms with Gasteiger partial charge in [-0.05, 0) is 87.1 Å². The van der Waals surface area contributed by atoms with Crippen molar-refractivity contribution in [1.82, 2.24) is 4.90 Å². The van der Waals surface area contributed by atoms with E-state index in [-0.39, 0.29) is 18.1 Å². The summed E-state index contributed by atoms with van der Waals surface area (Å²) in [5.74, 6) is -0.270. The number of para-hydroxylation sites is 1. The van der Waals surface area contributed by atoms with E-state index in [2.05, 4.69) is 24.3 Å². The van der Waals surface area contributed by atoms with Gasteiger partial charge in [-0.1, -0.05) is 72.8 Å². The van der Waals surface area contributed by atoms with Crippen LogP contribution >= 0.6 is 0 Å². The molecule has 0 spiro atoms. The predicted molar refractivity (Wildman–Crippen MR) is 165 cm³/mol. The van der Waals surface area contributed by atoms with E-state index < -0.39 is 17.7 Å². The zero-order valence-corrected chi connectivity index (χ0v) is 25.2. The van der Waals surface area contributed by atoms with Gasteiger partial charge in [-0.25, -0.2) is 9.59 Å². The zero-order chi connectivity index (χ0) is 30.2. The summed E-state index contributed by atoms with van der Waals surface area (Å²) in [4.78, 5) is 27.7. The van der Waals surface area contributed by atoms with Crippen LogP contribution in [0.15, 0.2) is 78.9 Å². The van der Waals surface area contributed by atoms with Gasteiger partial charge in [-0.15, -0.1) is 0 Å². The molecular weight excluding hydrogens is 526 g/mol. The van der Waals surface area contributed by atoms with E-state index in [1.807, 2.05) is 96.1 Å². The quantitative estimate of drug-likeness (QED) is 0.254. The second kappa shape index (κ2) is 11.5. The largest absolute Gasteiger partial charge is 0.488 e. The molecule has 0 bridgehead atoms. The van der Waals surface area contributed by atoms with Crippen LogP contribution in [-0.4, -0.2) is 40.3 Å². The summed E-state index contributed by atoms with van der Waals surface area (Å²) in [6.07, 6.45) is -0.160. The Balaban J connectivity index is 1.54. The molecule has 42 heavy (non-hydrogen) atoms. The summed E-state index contributed by atoms with van der Waals surface area (Å²) in [5.41, 5.74) is 4.19. The summed E-state index contributed by atoms with van der Waals surface area (Å²) < 4.78 is 12.5. The van der Waals surface area contributed by atoms with E-state index in [0.29, 0.717) is 18.5 Å². The number of hydrogen-bond acceptors (Lipinski definition) is 4. The molecule has 1 amide bonds. The summed E-state index contributed by atoms with van der Waals surface area (Å²) in [7, 11) is 0. The van der Waals surface area contributed by atoms with Crippen molar-refractivity contribution in [1.29, 1.82) is 0 Å². The van der Waals surface area contributed by atoms with Crippen LogP contribution in [0.1, 0.15) is 84.3 Å². The van der Waals surface area contributed by atoms with E-state index in [4.69, 9.17) is 9.47 Å². The van der Waals surface area contributed by atoms with Crippen LogP contribution in [0.25, 0.3) is 10.8 Å². The van der Waals surface area contributed by atoms with Gasteiger partial charge in [0, 0.05) is 11.5 Å². The number of ether oxygens (including phenoxy) is 2. The van der Waals surface area contributed by atoms with Gasteiger partial charge < -0.3 is 14.6 Å². The van der Waals surface area contributed by atoms with Crippen LogP contribution < -0.4 is 4.74 Å². The Bertz CT molecular complexity index is 1630. The highest BCUT2D eigenvalue weighted by molar-refractivity contribution is 5.91. The minimum atomic E-state index is -0.927. The average Bonchev–Trinajstić information content (AvgIpc) is 2.94. The SMILES string of the molecule is Cc1ccc([C@@H]2C[C@H](CN(C(=O)OC(C)(C)C)[C@H](C)c3cccc4ccccc34)Oc3ccccc32)c(C)c1C(=O)O. The summed E-state index contributed by atoms with van der Waals surface area (Å²) in [6, 6.07) is 25.9. The molecule has 0 saturated heterocycles. The molecule has 0 radical (unpaired) electrons. The minimum absolute atomic E-state index is 0.0907. The standard InChI is InChI=1S/C36H39NO5/c1-22-18-19-27(23(2)33(22)34(38)39)31-20-26(41-32-17-10-9-15-30(31)32)21-37(35(40)42-36(4,5)6)24(3)28-16-11-13-25-12-7-8-14-29(25)28/h7-19,24,26,31H,20-21H2,1-6H3,(H,38,39)/t24-,26-,31+/m1/s1. The van der Waals surface area contributed by atoms with E-state index >= 15 is 0 Å². The lowest BCUT2D eigenvalue weighted by Crippen LogP contribution is -2.45. The molecular formula is C36H39NO5. The van der Waals surface area contributed by atoms with E-state index in [0.717, 1.165) is 44.3 Å². The molecule has 0 aromatic heterocycles. The molecule has 6 nitrogen and oxygen atoms in total. The smallest absolute Gasteiger partial charge is 0.410 e. The van der Waals surface area contributed by atoms with E-state index in [9.17, 15) is 14.7 Å². The molecule has 0 unspecified atom stereocenters. The number of aromatic carboxylic acids is 1. The number of carbonyl (C=O) groups excluding carboxylic acids is 1. The fraction of sp³-hybridized carbons (Fsp3) is 0.333. The summed E-state index contributed by atoms with van der Waals surface area (Å²) in [5, 5.41) is 12.1. The molecule has 1 aliphatic rings. The molecule has 0 saturated carbocycles. The molecule has 1 aliphatic heterocycles. The highest BCUT2D eigenvalue weighted by Gasteiger charge is 2.36. The third-order valence-electron chi connectivity index (χ3n) is 8.16. The Morgan fingerprint density at radius 1 is 0.952 bits per heavy atom. The van der Waals surface area contributed by atoms with Gasteiger partial charge in [0.05, 0.1) is 18.2 Å². The first-order valence-corrected chi connectivity index (χ1v) is 14.5. The highest BCUT2D eigenvalue weighted by atomic mass is 16.6. The van der Waals surface area contributed by atoms with Crippen molar-refractivity contribution < 1.29 is 24.2 Å². The van der Waals surface area contributed by atoms with Crippen molar-refractivity contribution in [3.05, 3.63) is 112 Å². The Hall–Kier alpha value is -4.32.